The highest BCUT2D eigenvalue weighted by Crippen LogP contribution is 2.24. The Morgan fingerprint density at radius 1 is 1.47 bits per heavy atom. The first-order valence-electron chi connectivity index (χ1n) is 6.24. The average molecular weight is 285 g/mol. The number of aliphatic hydroxyl groups is 1. The van der Waals surface area contributed by atoms with Crippen molar-refractivity contribution in [3.63, 3.8) is 0 Å². The van der Waals surface area contributed by atoms with Crippen molar-refractivity contribution in [2.24, 2.45) is 5.41 Å². The number of aliphatic hydroxyl groups excluding tert-OH is 1. The number of rotatable bonds is 4. The van der Waals surface area contributed by atoms with Crippen LogP contribution in [-0.2, 0) is 0 Å². The van der Waals surface area contributed by atoms with Crippen LogP contribution in [0.4, 0.5) is 5.13 Å². The predicted molar refractivity (Wildman–Crippen MR) is 79.0 cm³/mol. The van der Waals surface area contributed by atoms with Gasteiger partial charge in [0, 0.05) is 20.6 Å². The van der Waals surface area contributed by atoms with E-state index in [9.17, 15) is 9.90 Å². The van der Waals surface area contributed by atoms with Gasteiger partial charge in [0.1, 0.15) is 4.88 Å². The molecular formula is C13H23N3O2S. The third kappa shape index (κ3) is 4.18. The van der Waals surface area contributed by atoms with Crippen molar-refractivity contribution < 1.29 is 9.90 Å². The predicted octanol–water partition coefficient (Wildman–Crippen LogP) is 1.65. The van der Waals surface area contributed by atoms with Crippen LogP contribution in [0.3, 0.4) is 0 Å². The Morgan fingerprint density at radius 2 is 2.05 bits per heavy atom. The summed E-state index contributed by atoms with van der Waals surface area (Å²) in [5, 5.41) is 13.5. The minimum absolute atomic E-state index is 0.175. The van der Waals surface area contributed by atoms with Crippen molar-refractivity contribution in [3.05, 3.63) is 10.6 Å². The van der Waals surface area contributed by atoms with Crippen LogP contribution in [0.15, 0.2) is 0 Å². The summed E-state index contributed by atoms with van der Waals surface area (Å²) in [6, 6.07) is 0. The van der Waals surface area contributed by atoms with Crippen LogP contribution in [-0.4, -0.2) is 42.7 Å². The van der Waals surface area contributed by atoms with Gasteiger partial charge in [0.2, 0.25) is 0 Å². The van der Waals surface area contributed by atoms with E-state index >= 15 is 0 Å². The lowest BCUT2D eigenvalue weighted by Crippen LogP contribution is -2.39. The maximum atomic E-state index is 12.1. The summed E-state index contributed by atoms with van der Waals surface area (Å²) in [4.78, 5) is 18.9. The molecule has 19 heavy (non-hydrogen) atoms. The molecule has 2 N–H and O–H groups in total. The number of aromatic nitrogens is 1. The molecule has 0 bridgehead atoms. The zero-order valence-electron chi connectivity index (χ0n) is 12.4. The fourth-order valence-electron chi connectivity index (χ4n) is 1.36. The van der Waals surface area contributed by atoms with Gasteiger partial charge in [-0.3, -0.25) is 4.79 Å². The van der Waals surface area contributed by atoms with Crippen molar-refractivity contribution in [1.82, 2.24) is 10.3 Å². The van der Waals surface area contributed by atoms with Crippen LogP contribution in [0, 0.1) is 12.3 Å². The van der Waals surface area contributed by atoms with Crippen LogP contribution in [0.2, 0.25) is 0 Å². The lowest BCUT2D eigenvalue weighted by molar-refractivity contribution is 0.0588. The number of hydrogen-bond acceptors (Lipinski definition) is 5. The fourth-order valence-corrected chi connectivity index (χ4v) is 2.27. The highest BCUT2D eigenvalue weighted by Gasteiger charge is 2.23. The van der Waals surface area contributed by atoms with E-state index in [0.717, 1.165) is 10.8 Å². The summed E-state index contributed by atoms with van der Waals surface area (Å²) in [6.45, 7) is 7.87. The Kier molecular flexibility index (Phi) is 4.92. The van der Waals surface area contributed by atoms with E-state index < -0.39 is 6.10 Å². The van der Waals surface area contributed by atoms with E-state index in [2.05, 4.69) is 10.3 Å². The number of nitrogens with one attached hydrogen (secondary N) is 1. The number of nitrogens with zero attached hydrogens (tertiary/aromatic N) is 2. The van der Waals surface area contributed by atoms with Gasteiger partial charge < -0.3 is 15.3 Å². The topological polar surface area (TPSA) is 65.5 Å². The number of carbonyl (C=O) groups is 1. The summed E-state index contributed by atoms with van der Waals surface area (Å²) >= 11 is 1.36. The van der Waals surface area contributed by atoms with Crippen LogP contribution < -0.4 is 10.2 Å². The third-order valence-corrected chi connectivity index (χ3v) is 4.15. The second kappa shape index (κ2) is 5.88. The van der Waals surface area contributed by atoms with Crippen LogP contribution >= 0.6 is 11.3 Å². The van der Waals surface area contributed by atoms with Gasteiger partial charge in [-0.2, -0.15) is 0 Å². The van der Waals surface area contributed by atoms with Gasteiger partial charge in [0.15, 0.2) is 5.13 Å². The normalized spacial score (nSPS) is 13.2. The van der Waals surface area contributed by atoms with Gasteiger partial charge in [-0.15, -0.1) is 0 Å². The molecule has 0 aliphatic carbocycles. The van der Waals surface area contributed by atoms with E-state index in [1.165, 1.54) is 11.3 Å². The molecule has 0 saturated heterocycles. The van der Waals surface area contributed by atoms with Crippen molar-refractivity contribution in [1.29, 1.82) is 0 Å². The minimum Gasteiger partial charge on any atom is -0.391 e. The third-order valence-electron chi connectivity index (χ3n) is 2.83. The number of amides is 1. The summed E-state index contributed by atoms with van der Waals surface area (Å²) in [5.74, 6) is -0.175. The average Bonchev–Trinajstić information content (AvgIpc) is 2.66. The van der Waals surface area contributed by atoms with Crippen LogP contribution in [0.1, 0.15) is 36.1 Å². The molecular weight excluding hydrogens is 262 g/mol. The van der Waals surface area contributed by atoms with E-state index in [4.69, 9.17) is 0 Å². The van der Waals surface area contributed by atoms with Gasteiger partial charge in [-0.05, 0) is 12.3 Å². The second-order valence-corrected chi connectivity index (χ2v) is 6.87. The van der Waals surface area contributed by atoms with E-state index in [0.29, 0.717) is 4.88 Å². The molecule has 5 nitrogen and oxygen atoms in total. The molecule has 1 unspecified atom stereocenters. The molecule has 0 spiro atoms. The second-order valence-electron chi connectivity index (χ2n) is 5.90. The fraction of sp³-hybridized carbons (Fsp3) is 0.692. The van der Waals surface area contributed by atoms with E-state index in [1.54, 1.807) is 0 Å². The number of hydrogen-bond donors (Lipinski definition) is 2. The zero-order chi connectivity index (χ0) is 14.8. The Hall–Kier alpha value is -1.14. The highest BCUT2D eigenvalue weighted by atomic mass is 32.1. The van der Waals surface area contributed by atoms with E-state index in [-0.39, 0.29) is 17.9 Å². The number of carbonyl (C=O) groups excluding carboxylic acids is 1. The molecule has 1 heterocycles. The monoisotopic (exact) mass is 285 g/mol. The summed E-state index contributed by atoms with van der Waals surface area (Å²) in [6.07, 6.45) is -0.571. The highest BCUT2D eigenvalue weighted by molar-refractivity contribution is 7.17. The van der Waals surface area contributed by atoms with Gasteiger partial charge in [-0.1, -0.05) is 32.1 Å². The van der Waals surface area contributed by atoms with Crippen LogP contribution in [0.25, 0.3) is 0 Å². The first-order valence-corrected chi connectivity index (χ1v) is 7.05. The standard InChI is InChI=1S/C13H23N3O2S/c1-8-10(19-12(15-8)16(5)6)11(18)14-7-9(17)13(2,3)4/h9,17H,7H2,1-6H3,(H,14,18). The Labute approximate surface area is 118 Å². The summed E-state index contributed by atoms with van der Waals surface area (Å²) in [7, 11) is 3.78. The SMILES string of the molecule is Cc1nc(N(C)C)sc1C(=O)NCC(O)C(C)(C)C. The lowest BCUT2D eigenvalue weighted by Gasteiger charge is -2.25. The maximum absolute atomic E-state index is 12.1. The molecule has 0 fully saturated rings. The van der Waals surface area contributed by atoms with Gasteiger partial charge in [0.25, 0.3) is 5.91 Å². The quantitative estimate of drug-likeness (QED) is 0.883. The number of anilines is 1. The van der Waals surface area contributed by atoms with Crippen LogP contribution in [0.5, 0.6) is 0 Å². The van der Waals surface area contributed by atoms with Gasteiger partial charge in [-0.25, -0.2) is 4.98 Å². The molecule has 0 aliphatic rings. The number of thiazole rings is 1. The Morgan fingerprint density at radius 3 is 2.47 bits per heavy atom. The molecule has 6 heteroatoms. The molecule has 0 aliphatic heterocycles. The lowest BCUT2D eigenvalue weighted by atomic mass is 9.89. The minimum atomic E-state index is -0.571. The first-order chi connectivity index (χ1) is 8.62. The Bertz CT molecular complexity index is 449. The molecule has 0 aromatic carbocycles. The molecule has 1 aromatic heterocycles. The molecule has 1 atom stereocenters. The van der Waals surface area contributed by atoms with Gasteiger partial charge >= 0.3 is 0 Å². The maximum Gasteiger partial charge on any atom is 0.263 e. The largest absolute Gasteiger partial charge is 0.391 e. The summed E-state index contributed by atoms with van der Waals surface area (Å²) in [5.41, 5.74) is 0.474. The number of aryl methyl sites for hydroxylation is 1. The molecule has 1 aromatic rings. The molecule has 0 radical (unpaired) electrons. The van der Waals surface area contributed by atoms with Crippen molar-refractivity contribution in [2.75, 3.05) is 25.5 Å². The van der Waals surface area contributed by atoms with Gasteiger partial charge in [0.05, 0.1) is 11.8 Å². The van der Waals surface area contributed by atoms with E-state index in [1.807, 2.05) is 46.7 Å². The zero-order valence-corrected chi connectivity index (χ0v) is 13.3. The molecule has 108 valence electrons. The molecule has 1 rings (SSSR count). The first kappa shape index (κ1) is 15.9. The van der Waals surface area contributed by atoms with Crippen molar-refractivity contribution in [2.45, 2.75) is 33.8 Å². The molecule has 1 amide bonds. The smallest absolute Gasteiger partial charge is 0.263 e. The summed E-state index contributed by atoms with van der Waals surface area (Å²) < 4.78 is 0. The molecule has 0 saturated carbocycles. The Balaban J connectivity index is 2.69. The van der Waals surface area contributed by atoms with Crippen molar-refractivity contribution >= 4 is 22.4 Å². The van der Waals surface area contributed by atoms with Crippen molar-refractivity contribution in [3.8, 4) is 0 Å².